The number of nitrogens with one attached hydrogen (secondary N) is 2. The third kappa shape index (κ3) is 2.85. The second-order valence-corrected chi connectivity index (χ2v) is 6.35. The van der Waals surface area contributed by atoms with Gasteiger partial charge in [-0.3, -0.25) is 0 Å². The van der Waals surface area contributed by atoms with E-state index in [4.69, 9.17) is 0 Å². The lowest BCUT2D eigenvalue weighted by atomic mass is 10.0. The van der Waals surface area contributed by atoms with Crippen molar-refractivity contribution in [2.45, 2.75) is 26.3 Å². The summed E-state index contributed by atoms with van der Waals surface area (Å²) in [5, 5.41) is 14.7. The lowest BCUT2D eigenvalue weighted by Gasteiger charge is -2.20. The molecule has 0 aliphatic heterocycles. The molecule has 3 heterocycles. The molecule has 1 atom stereocenters. The van der Waals surface area contributed by atoms with Gasteiger partial charge < -0.3 is 10.3 Å². The van der Waals surface area contributed by atoms with Gasteiger partial charge in [0, 0.05) is 0 Å². The molecular formula is C17H17F2N7. The third-order valence-corrected chi connectivity index (χ3v) is 4.15. The van der Waals surface area contributed by atoms with Crippen molar-refractivity contribution < 1.29 is 8.78 Å². The van der Waals surface area contributed by atoms with Crippen molar-refractivity contribution in [1.82, 2.24) is 29.8 Å². The lowest BCUT2D eigenvalue weighted by molar-refractivity contribution is 0.137. The van der Waals surface area contributed by atoms with Gasteiger partial charge in [0.15, 0.2) is 5.65 Å². The highest BCUT2D eigenvalue weighted by molar-refractivity contribution is 5.74. The van der Waals surface area contributed by atoms with Crippen molar-refractivity contribution in [3.63, 3.8) is 0 Å². The average molecular weight is 357 g/mol. The summed E-state index contributed by atoms with van der Waals surface area (Å²) in [5.41, 5.74) is 2.09. The molecule has 26 heavy (non-hydrogen) atoms. The Labute approximate surface area is 147 Å². The van der Waals surface area contributed by atoms with Crippen molar-refractivity contribution in [3.8, 4) is 0 Å². The van der Waals surface area contributed by atoms with E-state index in [9.17, 15) is 8.78 Å². The molecule has 0 bridgehead atoms. The molecule has 0 aliphatic rings. The monoisotopic (exact) mass is 357 g/mol. The van der Waals surface area contributed by atoms with Gasteiger partial charge in [0.05, 0.1) is 17.1 Å². The summed E-state index contributed by atoms with van der Waals surface area (Å²) >= 11 is 0. The molecule has 3 aromatic heterocycles. The van der Waals surface area contributed by atoms with E-state index in [1.165, 1.54) is 0 Å². The molecule has 4 aromatic rings. The van der Waals surface area contributed by atoms with Gasteiger partial charge in [0.1, 0.15) is 11.6 Å². The molecule has 0 spiro atoms. The standard InChI is InChI=1S/C17H17F2N7/c1-9(2)14(16-20-10-5-3-4-6-11(10)21-16)22-12-7-8-13-23-24-17(15(18)19)26(13)25-12/h3-9,14-15H,1-2H3,(H,20,21)(H,22,25)/t14-/m1/s1. The van der Waals surface area contributed by atoms with Crippen molar-refractivity contribution in [2.24, 2.45) is 5.92 Å². The van der Waals surface area contributed by atoms with Gasteiger partial charge in [-0.25, -0.2) is 13.8 Å². The van der Waals surface area contributed by atoms with E-state index in [1.54, 1.807) is 12.1 Å². The molecule has 0 saturated carbocycles. The van der Waals surface area contributed by atoms with Crippen LogP contribution in [0.1, 0.15) is 38.0 Å². The topological polar surface area (TPSA) is 83.8 Å². The summed E-state index contributed by atoms with van der Waals surface area (Å²) < 4.78 is 27.1. The molecule has 134 valence electrons. The minimum Gasteiger partial charge on any atom is -0.358 e. The maximum atomic E-state index is 13.0. The SMILES string of the molecule is CC(C)[C@@H](Nc1ccc2nnc(C(F)F)n2n1)c1nc2ccccc2[nH]1. The van der Waals surface area contributed by atoms with Crippen LogP contribution in [0, 0.1) is 5.92 Å². The van der Waals surface area contributed by atoms with Crippen LogP contribution in [0.2, 0.25) is 0 Å². The van der Waals surface area contributed by atoms with E-state index in [0.29, 0.717) is 5.82 Å². The third-order valence-electron chi connectivity index (χ3n) is 4.15. The Morgan fingerprint density at radius 2 is 1.88 bits per heavy atom. The Morgan fingerprint density at radius 3 is 2.62 bits per heavy atom. The fraction of sp³-hybridized carbons (Fsp3) is 0.294. The maximum absolute atomic E-state index is 13.0. The Morgan fingerprint density at radius 1 is 1.08 bits per heavy atom. The number of benzene rings is 1. The van der Waals surface area contributed by atoms with Crippen LogP contribution in [-0.2, 0) is 0 Å². The number of fused-ring (bicyclic) bond motifs is 2. The Hall–Kier alpha value is -3.10. The van der Waals surface area contributed by atoms with Crippen LogP contribution in [0.25, 0.3) is 16.7 Å². The first-order chi connectivity index (χ1) is 12.5. The summed E-state index contributed by atoms with van der Waals surface area (Å²) in [6.45, 7) is 4.10. The number of hydrogen-bond donors (Lipinski definition) is 2. The Bertz CT molecular complexity index is 1020. The lowest BCUT2D eigenvalue weighted by Crippen LogP contribution is -2.19. The number of hydrogen-bond acceptors (Lipinski definition) is 5. The van der Waals surface area contributed by atoms with E-state index in [1.807, 2.05) is 38.1 Å². The van der Waals surface area contributed by atoms with E-state index in [2.05, 4.69) is 30.6 Å². The molecule has 7 nitrogen and oxygen atoms in total. The zero-order valence-electron chi connectivity index (χ0n) is 14.2. The molecule has 0 radical (unpaired) electrons. The van der Waals surface area contributed by atoms with Crippen molar-refractivity contribution in [3.05, 3.63) is 48.0 Å². The number of para-hydroxylation sites is 2. The first-order valence-corrected chi connectivity index (χ1v) is 8.24. The molecule has 0 fully saturated rings. The van der Waals surface area contributed by atoms with Gasteiger partial charge in [-0.2, -0.15) is 4.52 Å². The highest BCUT2D eigenvalue weighted by atomic mass is 19.3. The van der Waals surface area contributed by atoms with Gasteiger partial charge in [-0.05, 0) is 30.2 Å². The summed E-state index contributed by atoms with van der Waals surface area (Å²) in [6, 6.07) is 10.9. The smallest absolute Gasteiger partial charge is 0.299 e. The predicted octanol–water partition coefficient (Wildman–Crippen LogP) is 3.75. The van der Waals surface area contributed by atoms with E-state index < -0.39 is 12.2 Å². The predicted molar refractivity (Wildman–Crippen MR) is 93.0 cm³/mol. The molecule has 0 unspecified atom stereocenters. The summed E-state index contributed by atoms with van der Waals surface area (Å²) in [7, 11) is 0. The van der Waals surface area contributed by atoms with Crippen LogP contribution >= 0.6 is 0 Å². The highest BCUT2D eigenvalue weighted by Crippen LogP contribution is 2.26. The number of aromatic amines is 1. The van der Waals surface area contributed by atoms with E-state index in [0.717, 1.165) is 21.4 Å². The average Bonchev–Trinajstić information content (AvgIpc) is 3.22. The van der Waals surface area contributed by atoms with Gasteiger partial charge in [-0.1, -0.05) is 26.0 Å². The van der Waals surface area contributed by atoms with Crippen molar-refractivity contribution in [1.29, 1.82) is 0 Å². The van der Waals surface area contributed by atoms with Crippen LogP contribution in [0.4, 0.5) is 14.6 Å². The Balaban J connectivity index is 1.70. The summed E-state index contributed by atoms with van der Waals surface area (Å²) in [4.78, 5) is 7.94. The zero-order chi connectivity index (χ0) is 18.3. The van der Waals surface area contributed by atoms with E-state index >= 15 is 0 Å². The van der Waals surface area contributed by atoms with Crippen LogP contribution in [0.3, 0.4) is 0 Å². The molecule has 2 N–H and O–H groups in total. The van der Waals surface area contributed by atoms with Crippen molar-refractivity contribution >= 4 is 22.5 Å². The van der Waals surface area contributed by atoms with Crippen molar-refractivity contribution in [2.75, 3.05) is 5.32 Å². The maximum Gasteiger partial charge on any atom is 0.299 e. The normalized spacial score (nSPS) is 13.2. The van der Waals surface area contributed by atoms with Gasteiger partial charge in [-0.15, -0.1) is 15.3 Å². The fourth-order valence-corrected chi connectivity index (χ4v) is 2.85. The summed E-state index contributed by atoms with van der Waals surface area (Å²) in [5.74, 6) is 0.913. The molecule has 0 saturated heterocycles. The van der Waals surface area contributed by atoms with Crippen LogP contribution < -0.4 is 5.32 Å². The van der Waals surface area contributed by atoms with Crippen LogP contribution in [0.5, 0.6) is 0 Å². The largest absolute Gasteiger partial charge is 0.358 e. The minimum absolute atomic E-state index is 0.168. The highest BCUT2D eigenvalue weighted by Gasteiger charge is 2.22. The quantitative estimate of drug-likeness (QED) is 0.568. The molecule has 1 aromatic carbocycles. The number of nitrogens with zero attached hydrogens (tertiary/aromatic N) is 5. The second-order valence-electron chi connectivity index (χ2n) is 6.35. The molecule has 0 aliphatic carbocycles. The number of alkyl halides is 2. The van der Waals surface area contributed by atoms with Crippen LogP contribution in [0.15, 0.2) is 36.4 Å². The number of imidazole rings is 1. The molecule has 0 amide bonds. The first kappa shape index (κ1) is 16.4. The Kier molecular flexibility index (Phi) is 3.98. The van der Waals surface area contributed by atoms with E-state index in [-0.39, 0.29) is 17.6 Å². The van der Waals surface area contributed by atoms with Crippen LogP contribution in [-0.4, -0.2) is 29.8 Å². The number of rotatable bonds is 5. The summed E-state index contributed by atoms with van der Waals surface area (Å²) in [6.07, 6.45) is -2.75. The molecule has 4 rings (SSSR count). The van der Waals surface area contributed by atoms with Gasteiger partial charge >= 0.3 is 0 Å². The number of aromatic nitrogens is 6. The zero-order valence-corrected chi connectivity index (χ0v) is 14.2. The second kappa shape index (κ2) is 6.32. The van der Waals surface area contributed by atoms with Gasteiger partial charge in [0.25, 0.3) is 6.43 Å². The number of H-pyrrole nitrogens is 1. The number of halogens is 2. The minimum atomic E-state index is -2.75. The fourth-order valence-electron chi connectivity index (χ4n) is 2.85. The van der Waals surface area contributed by atoms with Gasteiger partial charge in [0.2, 0.25) is 5.82 Å². The molecule has 9 heteroatoms. The molecular weight excluding hydrogens is 340 g/mol. The number of anilines is 1. The first-order valence-electron chi connectivity index (χ1n) is 8.24.